The van der Waals surface area contributed by atoms with Crippen molar-refractivity contribution in [3.8, 4) is 5.75 Å². The minimum absolute atomic E-state index is 0.109. The second kappa shape index (κ2) is 7.62. The highest BCUT2D eigenvalue weighted by Crippen LogP contribution is 2.25. The number of hydrogen-bond acceptors (Lipinski definition) is 3. The van der Waals surface area contributed by atoms with Gasteiger partial charge >= 0.3 is 0 Å². The van der Waals surface area contributed by atoms with Gasteiger partial charge in [-0.15, -0.1) is 0 Å². The van der Waals surface area contributed by atoms with Crippen LogP contribution < -0.4 is 0 Å². The average Bonchev–Trinajstić information content (AvgIpc) is 2.66. The van der Waals surface area contributed by atoms with E-state index in [0.717, 1.165) is 5.56 Å². The van der Waals surface area contributed by atoms with E-state index in [1.807, 2.05) is 25.1 Å². The molecule has 0 atom stereocenters. The molecule has 128 valence electrons. The van der Waals surface area contributed by atoms with Crippen LogP contribution in [0.2, 0.25) is 0 Å². The maximum atomic E-state index is 13.0. The third-order valence-electron chi connectivity index (χ3n) is 4.06. The predicted molar refractivity (Wildman–Crippen MR) is 102 cm³/mol. The topological polar surface area (TPSA) is 54.4 Å². The van der Waals surface area contributed by atoms with Gasteiger partial charge in [-0.05, 0) is 36.8 Å². The molecule has 0 aliphatic heterocycles. The van der Waals surface area contributed by atoms with Gasteiger partial charge in [0.05, 0.1) is 5.56 Å². The summed E-state index contributed by atoms with van der Waals surface area (Å²) in [4.78, 5) is 25.7. The van der Waals surface area contributed by atoms with Gasteiger partial charge in [-0.25, -0.2) is 0 Å². The van der Waals surface area contributed by atoms with E-state index in [4.69, 9.17) is 0 Å². The number of para-hydroxylation sites is 1. The van der Waals surface area contributed by atoms with Crippen molar-refractivity contribution in [3.63, 3.8) is 0 Å². The van der Waals surface area contributed by atoms with E-state index < -0.39 is 5.78 Å². The fraction of sp³-hybridized carbons (Fsp3) is 0.0435. The van der Waals surface area contributed by atoms with Crippen molar-refractivity contribution < 1.29 is 14.7 Å². The molecule has 3 heteroatoms. The van der Waals surface area contributed by atoms with Crippen LogP contribution in [-0.4, -0.2) is 16.7 Å². The minimum Gasteiger partial charge on any atom is -0.507 e. The largest absolute Gasteiger partial charge is 0.507 e. The second-order valence-corrected chi connectivity index (χ2v) is 6.00. The highest BCUT2D eigenvalue weighted by molar-refractivity contribution is 6.33. The lowest BCUT2D eigenvalue weighted by Crippen LogP contribution is -2.06. The number of aromatic hydroxyl groups is 1. The summed E-state index contributed by atoms with van der Waals surface area (Å²) in [6, 6.07) is 22.5. The van der Waals surface area contributed by atoms with E-state index in [-0.39, 0.29) is 22.7 Å². The molecule has 1 N–H and O–H groups in total. The number of hydrogen-bond donors (Lipinski definition) is 1. The van der Waals surface area contributed by atoms with Gasteiger partial charge in [0.15, 0.2) is 11.6 Å². The van der Waals surface area contributed by atoms with Crippen LogP contribution in [-0.2, 0) is 0 Å². The Labute approximate surface area is 152 Å². The highest BCUT2D eigenvalue weighted by Gasteiger charge is 2.19. The smallest absolute Gasteiger partial charge is 0.197 e. The van der Waals surface area contributed by atoms with Crippen molar-refractivity contribution in [2.45, 2.75) is 6.92 Å². The second-order valence-electron chi connectivity index (χ2n) is 6.00. The van der Waals surface area contributed by atoms with Gasteiger partial charge in [0, 0.05) is 11.1 Å². The molecule has 3 aromatic rings. The molecule has 3 nitrogen and oxygen atoms in total. The first-order chi connectivity index (χ1) is 12.6. The molecule has 0 aliphatic carbocycles. The Balaban J connectivity index is 2.09. The summed E-state index contributed by atoms with van der Waals surface area (Å²) < 4.78 is 0. The number of rotatable bonds is 5. The van der Waals surface area contributed by atoms with E-state index >= 15 is 0 Å². The van der Waals surface area contributed by atoms with Crippen LogP contribution in [0.3, 0.4) is 0 Å². The number of allylic oxidation sites excluding steroid dienone is 2. The first-order valence-corrected chi connectivity index (χ1v) is 8.27. The number of carbonyl (C=O) groups excluding carboxylic acids is 2. The van der Waals surface area contributed by atoms with Crippen molar-refractivity contribution in [1.82, 2.24) is 0 Å². The van der Waals surface area contributed by atoms with Gasteiger partial charge < -0.3 is 5.11 Å². The summed E-state index contributed by atoms with van der Waals surface area (Å²) >= 11 is 0. The summed E-state index contributed by atoms with van der Waals surface area (Å²) in [5.74, 6) is -0.756. The SMILES string of the molecule is Cc1cccc(C(=O)C=C(C(=O)c2ccccc2O)c2ccccc2)c1. The fourth-order valence-electron chi connectivity index (χ4n) is 2.72. The van der Waals surface area contributed by atoms with Crippen molar-refractivity contribution in [2.24, 2.45) is 0 Å². The minimum atomic E-state index is -0.393. The summed E-state index contributed by atoms with van der Waals surface area (Å²) in [6.07, 6.45) is 1.35. The first kappa shape index (κ1) is 17.4. The van der Waals surface area contributed by atoms with E-state index in [9.17, 15) is 14.7 Å². The molecule has 0 fully saturated rings. The van der Waals surface area contributed by atoms with Crippen molar-refractivity contribution in [1.29, 1.82) is 0 Å². The number of aryl methyl sites for hydroxylation is 1. The highest BCUT2D eigenvalue weighted by atomic mass is 16.3. The number of phenolic OH excluding ortho intramolecular Hbond substituents is 1. The number of carbonyl (C=O) groups is 2. The van der Waals surface area contributed by atoms with Crippen LogP contribution >= 0.6 is 0 Å². The molecule has 0 heterocycles. The van der Waals surface area contributed by atoms with Crippen molar-refractivity contribution in [2.75, 3.05) is 0 Å². The van der Waals surface area contributed by atoms with Gasteiger partial charge in [0.2, 0.25) is 0 Å². The zero-order valence-corrected chi connectivity index (χ0v) is 14.3. The Morgan fingerprint density at radius 1 is 0.808 bits per heavy atom. The number of phenols is 1. The van der Waals surface area contributed by atoms with Crippen LogP contribution in [0.15, 0.2) is 84.9 Å². The molecule has 26 heavy (non-hydrogen) atoms. The standard InChI is InChI=1S/C23H18O3/c1-16-8-7-11-18(14-16)22(25)15-20(17-9-3-2-4-10-17)23(26)19-12-5-6-13-21(19)24/h2-15,24H,1H3. The lowest BCUT2D eigenvalue weighted by molar-refractivity contribution is 0.102. The molecule has 3 aromatic carbocycles. The van der Waals surface area contributed by atoms with Crippen LogP contribution in [0.1, 0.15) is 31.8 Å². The predicted octanol–water partition coefficient (Wildman–Crippen LogP) is 4.85. The molecule has 0 radical (unpaired) electrons. The summed E-state index contributed by atoms with van der Waals surface area (Å²) in [5, 5.41) is 10.0. The Kier molecular flexibility index (Phi) is 5.09. The van der Waals surface area contributed by atoms with E-state index in [2.05, 4.69) is 0 Å². The maximum Gasteiger partial charge on any atom is 0.197 e. The van der Waals surface area contributed by atoms with Gasteiger partial charge in [0.1, 0.15) is 5.75 Å². The zero-order chi connectivity index (χ0) is 18.5. The van der Waals surface area contributed by atoms with Crippen molar-refractivity contribution in [3.05, 3.63) is 107 Å². The Hall–Kier alpha value is -3.46. The van der Waals surface area contributed by atoms with Crippen LogP contribution in [0.4, 0.5) is 0 Å². The summed E-state index contributed by atoms with van der Waals surface area (Å²) in [7, 11) is 0. The Bertz CT molecular complexity index is 985. The van der Waals surface area contributed by atoms with E-state index in [1.54, 1.807) is 54.6 Å². The summed E-state index contributed by atoms with van der Waals surface area (Å²) in [6.45, 7) is 1.91. The molecular weight excluding hydrogens is 324 g/mol. The lowest BCUT2D eigenvalue weighted by Gasteiger charge is -2.09. The monoisotopic (exact) mass is 342 g/mol. The molecule has 0 saturated heterocycles. The zero-order valence-electron chi connectivity index (χ0n) is 14.3. The molecule has 0 saturated carbocycles. The molecule has 0 amide bonds. The first-order valence-electron chi connectivity index (χ1n) is 8.27. The quantitative estimate of drug-likeness (QED) is 0.533. The number of benzene rings is 3. The van der Waals surface area contributed by atoms with Crippen molar-refractivity contribution >= 4 is 17.1 Å². The van der Waals surface area contributed by atoms with Crippen LogP contribution in [0, 0.1) is 6.92 Å². The van der Waals surface area contributed by atoms with Crippen LogP contribution in [0.25, 0.3) is 5.57 Å². The molecule has 0 aromatic heterocycles. The molecule has 0 unspecified atom stereocenters. The molecular formula is C23H18O3. The van der Waals surface area contributed by atoms with Crippen LogP contribution in [0.5, 0.6) is 5.75 Å². The molecule has 0 aliphatic rings. The Morgan fingerprint density at radius 3 is 2.15 bits per heavy atom. The van der Waals surface area contributed by atoms with Gasteiger partial charge in [0.25, 0.3) is 0 Å². The molecule has 0 spiro atoms. The van der Waals surface area contributed by atoms with E-state index in [0.29, 0.717) is 11.1 Å². The third kappa shape index (κ3) is 3.78. The number of ketones is 2. The summed E-state index contributed by atoms with van der Waals surface area (Å²) in [5.41, 5.74) is 2.53. The fourth-order valence-corrected chi connectivity index (χ4v) is 2.72. The Morgan fingerprint density at radius 2 is 1.46 bits per heavy atom. The van der Waals surface area contributed by atoms with Gasteiger partial charge in [-0.2, -0.15) is 0 Å². The normalized spacial score (nSPS) is 11.2. The van der Waals surface area contributed by atoms with E-state index in [1.165, 1.54) is 12.1 Å². The molecule has 0 bridgehead atoms. The number of Topliss-reactive ketones (excluding diaryl/α,β-unsaturated/α-hetero) is 1. The molecule has 3 rings (SSSR count). The average molecular weight is 342 g/mol. The van der Waals surface area contributed by atoms with Gasteiger partial charge in [-0.3, -0.25) is 9.59 Å². The van der Waals surface area contributed by atoms with Gasteiger partial charge in [-0.1, -0.05) is 66.2 Å². The maximum absolute atomic E-state index is 13.0. The lowest BCUT2D eigenvalue weighted by atomic mass is 9.94. The third-order valence-corrected chi connectivity index (χ3v) is 4.06.